The van der Waals surface area contributed by atoms with Crippen molar-refractivity contribution in [3.8, 4) is 6.07 Å². The van der Waals surface area contributed by atoms with Gasteiger partial charge in [-0.05, 0) is 65.1 Å². The molecule has 0 aliphatic carbocycles. The highest BCUT2D eigenvalue weighted by Crippen LogP contribution is 2.31. The summed E-state index contributed by atoms with van der Waals surface area (Å²) in [7, 11) is 0. The lowest BCUT2D eigenvalue weighted by Gasteiger charge is -2.04. The lowest BCUT2D eigenvalue weighted by atomic mass is 10.2. The van der Waals surface area contributed by atoms with Gasteiger partial charge in [-0.2, -0.15) is 5.26 Å². The number of hydrogen-bond acceptors (Lipinski definition) is 2. The molecule has 2 rings (SSSR count). The first-order chi connectivity index (χ1) is 8.19. The molecular weight excluding hydrogens is 409 g/mol. The monoisotopic (exact) mass is 415 g/mol. The molecule has 0 aliphatic rings. The summed E-state index contributed by atoms with van der Waals surface area (Å²) in [4.78, 5) is 2.13. The van der Waals surface area contributed by atoms with Crippen LogP contribution in [0.15, 0.2) is 56.7 Å². The number of halogens is 2. The molecule has 0 heterocycles. The summed E-state index contributed by atoms with van der Waals surface area (Å²) in [6.07, 6.45) is 0. The van der Waals surface area contributed by atoms with Crippen molar-refractivity contribution in [2.45, 2.75) is 9.79 Å². The van der Waals surface area contributed by atoms with Crippen molar-refractivity contribution < 1.29 is 0 Å². The Morgan fingerprint density at radius 1 is 1.12 bits per heavy atom. The Morgan fingerprint density at radius 2 is 1.82 bits per heavy atom. The van der Waals surface area contributed by atoms with Gasteiger partial charge in [-0.25, -0.2) is 0 Å². The molecule has 0 aromatic heterocycles. The molecule has 0 amide bonds. The first-order valence-electron chi connectivity index (χ1n) is 4.82. The van der Waals surface area contributed by atoms with E-state index in [4.69, 9.17) is 5.26 Å². The summed E-state index contributed by atoms with van der Waals surface area (Å²) < 4.78 is 2.14. The van der Waals surface area contributed by atoms with E-state index in [0.717, 1.165) is 14.3 Å². The lowest BCUT2D eigenvalue weighted by molar-refractivity contribution is 1.34. The minimum atomic E-state index is 0.697. The SMILES string of the molecule is N#Cc1cc(Br)ccc1Sc1ccc(I)cc1. The third-order valence-corrected chi connectivity index (χ3v) is 4.40. The van der Waals surface area contributed by atoms with Crippen LogP contribution in [-0.4, -0.2) is 0 Å². The second kappa shape index (κ2) is 5.89. The van der Waals surface area contributed by atoms with Crippen molar-refractivity contribution >= 4 is 50.3 Å². The van der Waals surface area contributed by atoms with E-state index in [-0.39, 0.29) is 0 Å². The second-order valence-corrected chi connectivity index (χ2v) is 6.58. The molecule has 84 valence electrons. The van der Waals surface area contributed by atoms with Gasteiger partial charge in [0.25, 0.3) is 0 Å². The third-order valence-electron chi connectivity index (χ3n) is 2.10. The molecule has 0 spiro atoms. The smallest absolute Gasteiger partial charge is 0.100 e. The number of hydrogen-bond donors (Lipinski definition) is 0. The van der Waals surface area contributed by atoms with E-state index >= 15 is 0 Å². The van der Waals surface area contributed by atoms with Crippen LogP contribution < -0.4 is 0 Å². The topological polar surface area (TPSA) is 23.8 Å². The Morgan fingerprint density at radius 3 is 2.47 bits per heavy atom. The van der Waals surface area contributed by atoms with E-state index in [2.05, 4.69) is 68.9 Å². The molecule has 0 radical (unpaired) electrons. The molecule has 0 saturated heterocycles. The van der Waals surface area contributed by atoms with Gasteiger partial charge in [0.1, 0.15) is 6.07 Å². The molecule has 0 atom stereocenters. The number of nitriles is 1. The first-order valence-corrected chi connectivity index (χ1v) is 7.51. The normalized spacial score (nSPS) is 9.94. The molecule has 1 nitrogen and oxygen atoms in total. The van der Waals surface area contributed by atoms with Crippen LogP contribution in [-0.2, 0) is 0 Å². The van der Waals surface area contributed by atoms with Crippen molar-refractivity contribution in [2.75, 3.05) is 0 Å². The zero-order chi connectivity index (χ0) is 12.3. The Labute approximate surface area is 126 Å². The maximum Gasteiger partial charge on any atom is 0.100 e. The van der Waals surface area contributed by atoms with Crippen LogP contribution in [0.1, 0.15) is 5.56 Å². The summed E-state index contributed by atoms with van der Waals surface area (Å²) in [5.74, 6) is 0. The van der Waals surface area contributed by atoms with Gasteiger partial charge in [-0.3, -0.25) is 0 Å². The van der Waals surface area contributed by atoms with Crippen molar-refractivity contribution in [3.05, 3.63) is 56.1 Å². The summed E-state index contributed by atoms with van der Waals surface area (Å²) in [6.45, 7) is 0. The van der Waals surface area contributed by atoms with Gasteiger partial charge >= 0.3 is 0 Å². The predicted molar refractivity (Wildman–Crippen MR) is 82.1 cm³/mol. The highest BCUT2D eigenvalue weighted by molar-refractivity contribution is 14.1. The highest BCUT2D eigenvalue weighted by atomic mass is 127. The fourth-order valence-corrected chi connectivity index (χ4v) is 2.91. The average molecular weight is 416 g/mol. The molecule has 4 heteroatoms. The lowest BCUT2D eigenvalue weighted by Crippen LogP contribution is -1.81. The zero-order valence-electron chi connectivity index (χ0n) is 8.65. The van der Waals surface area contributed by atoms with Crippen molar-refractivity contribution in [3.63, 3.8) is 0 Å². The van der Waals surface area contributed by atoms with Crippen LogP contribution >= 0.6 is 50.3 Å². The molecule has 0 bridgehead atoms. The predicted octanol–water partition coefficient (Wildman–Crippen LogP) is 5.08. The van der Waals surface area contributed by atoms with Crippen molar-refractivity contribution in [1.29, 1.82) is 5.26 Å². The minimum Gasteiger partial charge on any atom is -0.192 e. The Balaban J connectivity index is 2.30. The molecule has 0 fully saturated rings. The van der Waals surface area contributed by atoms with Crippen LogP contribution in [0.3, 0.4) is 0 Å². The van der Waals surface area contributed by atoms with Gasteiger partial charge in [0.2, 0.25) is 0 Å². The molecule has 0 aliphatic heterocycles. The molecule has 17 heavy (non-hydrogen) atoms. The standard InChI is InChI=1S/C13H7BrINS/c14-10-1-6-13(9(7-10)8-16)17-12-4-2-11(15)3-5-12/h1-7H. The van der Waals surface area contributed by atoms with Gasteiger partial charge in [0, 0.05) is 17.8 Å². The quantitative estimate of drug-likeness (QED) is 0.639. The van der Waals surface area contributed by atoms with Crippen LogP contribution in [0.4, 0.5) is 0 Å². The third kappa shape index (κ3) is 3.47. The molecular formula is C13H7BrINS. The van der Waals surface area contributed by atoms with Gasteiger partial charge in [-0.1, -0.05) is 27.7 Å². The van der Waals surface area contributed by atoms with Crippen LogP contribution in [0.5, 0.6) is 0 Å². The van der Waals surface area contributed by atoms with E-state index in [9.17, 15) is 0 Å². The highest BCUT2D eigenvalue weighted by Gasteiger charge is 2.04. The number of benzene rings is 2. The fourth-order valence-electron chi connectivity index (χ4n) is 1.31. The summed E-state index contributed by atoms with van der Waals surface area (Å²) in [5.41, 5.74) is 0.697. The van der Waals surface area contributed by atoms with E-state index in [1.165, 1.54) is 3.57 Å². The molecule has 2 aromatic carbocycles. The average Bonchev–Trinajstić information content (AvgIpc) is 2.34. The van der Waals surface area contributed by atoms with Gasteiger partial charge in [0.05, 0.1) is 5.56 Å². The zero-order valence-corrected chi connectivity index (χ0v) is 13.2. The Hall–Kier alpha value is -0.510. The first kappa shape index (κ1) is 12.9. The van der Waals surface area contributed by atoms with E-state index in [1.807, 2.05) is 18.2 Å². The molecule has 0 N–H and O–H groups in total. The number of nitrogens with zero attached hydrogens (tertiary/aromatic N) is 1. The Bertz CT molecular complexity index is 575. The summed E-state index contributed by atoms with van der Waals surface area (Å²) in [6, 6.07) is 16.2. The molecule has 2 aromatic rings. The maximum atomic E-state index is 9.08. The van der Waals surface area contributed by atoms with Gasteiger partial charge in [-0.15, -0.1) is 0 Å². The second-order valence-electron chi connectivity index (χ2n) is 3.31. The van der Waals surface area contributed by atoms with E-state index < -0.39 is 0 Å². The van der Waals surface area contributed by atoms with E-state index in [0.29, 0.717) is 5.56 Å². The van der Waals surface area contributed by atoms with E-state index in [1.54, 1.807) is 11.8 Å². The Kier molecular flexibility index (Phi) is 4.48. The van der Waals surface area contributed by atoms with Crippen LogP contribution in [0.25, 0.3) is 0 Å². The molecule has 0 saturated carbocycles. The van der Waals surface area contributed by atoms with Crippen molar-refractivity contribution in [1.82, 2.24) is 0 Å². The largest absolute Gasteiger partial charge is 0.192 e. The summed E-state index contributed by atoms with van der Waals surface area (Å²) >= 11 is 7.26. The minimum absolute atomic E-state index is 0.697. The molecule has 0 unspecified atom stereocenters. The van der Waals surface area contributed by atoms with Crippen LogP contribution in [0, 0.1) is 14.9 Å². The fraction of sp³-hybridized carbons (Fsp3) is 0. The summed E-state index contributed by atoms with van der Waals surface area (Å²) in [5, 5.41) is 9.08. The van der Waals surface area contributed by atoms with Crippen LogP contribution in [0.2, 0.25) is 0 Å². The number of rotatable bonds is 2. The van der Waals surface area contributed by atoms with Gasteiger partial charge < -0.3 is 0 Å². The maximum absolute atomic E-state index is 9.08. The van der Waals surface area contributed by atoms with Gasteiger partial charge in [0.15, 0.2) is 0 Å². The van der Waals surface area contributed by atoms with Crippen molar-refractivity contribution in [2.24, 2.45) is 0 Å².